The molecule has 1 aliphatic heterocycles. The molecule has 2 aromatic carbocycles. The maximum Gasteiger partial charge on any atom is 0.142 e. The van der Waals surface area contributed by atoms with Gasteiger partial charge in [0.2, 0.25) is 0 Å². The standard InChI is InChI=1S/C21H21N3OS/c1-14-5-3-4-6-17(14)19-11-18-20(26-19)21(24-13-23-18)22-12-15-7-9-16(25-2)10-8-15/h3-11,23H,12-13H2,1-2H3,(H,22,24). The van der Waals surface area contributed by atoms with Crippen LogP contribution in [0.3, 0.4) is 0 Å². The molecule has 5 heteroatoms. The maximum absolute atomic E-state index is 5.21. The zero-order valence-corrected chi connectivity index (χ0v) is 15.7. The van der Waals surface area contributed by atoms with Crippen molar-refractivity contribution < 1.29 is 4.74 Å². The molecule has 0 saturated heterocycles. The van der Waals surface area contributed by atoms with E-state index >= 15 is 0 Å². The number of hydrogen-bond donors (Lipinski definition) is 2. The van der Waals surface area contributed by atoms with Crippen LogP contribution < -0.4 is 15.4 Å². The Morgan fingerprint density at radius 3 is 2.73 bits per heavy atom. The van der Waals surface area contributed by atoms with Crippen molar-refractivity contribution in [2.75, 3.05) is 19.1 Å². The normalized spacial score (nSPS) is 12.8. The van der Waals surface area contributed by atoms with E-state index in [1.54, 1.807) is 18.4 Å². The maximum atomic E-state index is 5.21. The Morgan fingerprint density at radius 2 is 1.96 bits per heavy atom. The number of anilines is 1. The molecule has 1 aliphatic rings. The Labute approximate surface area is 157 Å². The minimum Gasteiger partial charge on any atom is -0.497 e. The van der Waals surface area contributed by atoms with E-state index in [1.807, 2.05) is 12.1 Å². The largest absolute Gasteiger partial charge is 0.497 e. The second kappa shape index (κ2) is 7.22. The zero-order chi connectivity index (χ0) is 17.9. The number of rotatable bonds is 4. The second-order valence-corrected chi connectivity index (χ2v) is 7.26. The van der Waals surface area contributed by atoms with Crippen molar-refractivity contribution in [3.8, 4) is 16.2 Å². The highest BCUT2D eigenvalue weighted by atomic mass is 32.1. The van der Waals surface area contributed by atoms with E-state index in [-0.39, 0.29) is 0 Å². The van der Waals surface area contributed by atoms with Crippen LogP contribution >= 0.6 is 11.3 Å². The van der Waals surface area contributed by atoms with Gasteiger partial charge in [0.25, 0.3) is 0 Å². The molecule has 132 valence electrons. The first-order valence-electron chi connectivity index (χ1n) is 8.60. The van der Waals surface area contributed by atoms with Crippen LogP contribution in [0.15, 0.2) is 59.6 Å². The molecule has 0 unspecified atom stereocenters. The predicted molar refractivity (Wildman–Crippen MR) is 109 cm³/mol. The molecule has 3 aromatic rings. The molecule has 1 aromatic heterocycles. The van der Waals surface area contributed by atoms with E-state index < -0.39 is 0 Å². The van der Waals surface area contributed by atoms with Crippen LogP contribution in [0.2, 0.25) is 0 Å². The first-order chi connectivity index (χ1) is 12.7. The van der Waals surface area contributed by atoms with Gasteiger partial charge in [-0.25, -0.2) is 4.99 Å². The highest BCUT2D eigenvalue weighted by molar-refractivity contribution is 7.18. The van der Waals surface area contributed by atoms with E-state index in [2.05, 4.69) is 65.0 Å². The summed E-state index contributed by atoms with van der Waals surface area (Å²) in [4.78, 5) is 7.06. The van der Waals surface area contributed by atoms with Crippen LogP contribution in [-0.4, -0.2) is 19.6 Å². The number of nitrogens with zero attached hydrogens (tertiary/aromatic N) is 1. The number of amidine groups is 1. The summed E-state index contributed by atoms with van der Waals surface area (Å²) in [6, 6.07) is 18.8. The number of methoxy groups -OCH3 is 1. The molecule has 2 N–H and O–H groups in total. The number of benzene rings is 2. The third kappa shape index (κ3) is 3.30. The van der Waals surface area contributed by atoms with Gasteiger partial charge in [-0.15, -0.1) is 11.3 Å². The van der Waals surface area contributed by atoms with Crippen LogP contribution in [0.5, 0.6) is 5.75 Å². The van der Waals surface area contributed by atoms with Gasteiger partial charge in [-0.1, -0.05) is 36.4 Å². The fourth-order valence-electron chi connectivity index (χ4n) is 3.02. The molecule has 26 heavy (non-hydrogen) atoms. The Balaban J connectivity index is 1.54. The number of fused-ring (bicyclic) bond motifs is 1. The lowest BCUT2D eigenvalue weighted by atomic mass is 10.1. The van der Waals surface area contributed by atoms with Gasteiger partial charge in [0, 0.05) is 11.4 Å². The van der Waals surface area contributed by atoms with Gasteiger partial charge in [-0.2, -0.15) is 0 Å². The van der Waals surface area contributed by atoms with Gasteiger partial charge in [-0.05, 0) is 41.8 Å². The van der Waals surface area contributed by atoms with Crippen LogP contribution in [0.25, 0.3) is 10.4 Å². The molecule has 0 saturated carbocycles. The third-order valence-electron chi connectivity index (χ3n) is 4.48. The zero-order valence-electron chi connectivity index (χ0n) is 14.9. The molecule has 0 bridgehead atoms. The molecular formula is C21H21N3OS. The Hall–Kier alpha value is -2.79. The van der Waals surface area contributed by atoms with Gasteiger partial charge >= 0.3 is 0 Å². The summed E-state index contributed by atoms with van der Waals surface area (Å²) in [5, 5.41) is 6.87. The molecule has 0 amide bonds. The summed E-state index contributed by atoms with van der Waals surface area (Å²) in [5.74, 6) is 1.83. The lowest BCUT2D eigenvalue weighted by Crippen LogP contribution is -2.27. The SMILES string of the molecule is COc1ccc(CNC2=NCNc3cc(-c4ccccc4C)sc32)cc1. The number of ether oxygens (including phenoxy) is 1. The minimum atomic E-state index is 0.599. The predicted octanol–water partition coefficient (Wildman–Crippen LogP) is 4.65. The van der Waals surface area contributed by atoms with Crippen molar-refractivity contribution in [2.45, 2.75) is 13.5 Å². The number of aryl methyl sites for hydroxylation is 1. The molecule has 2 heterocycles. The summed E-state index contributed by atoms with van der Waals surface area (Å²) < 4.78 is 5.21. The van der Waals surface area contributed by atoms with Crippen molar-refractivity contribution in [3.05, 3.63) is 70.6 Å². The summed E-state index contributed by atoms with van der Waals surface area (Å²) in [6.07, 6.45) is 0. The van der Waals surface area contributed by atoms with Crippen molar-refractivity contribution in [1.29, 1.82) is 0 Å². The van der Waals surface area contributed by atoms with Crippen LogP contribution in [0, 0.1) is 6.92 Å². The highest BCUT2D eigenvalue weighted by Crippen LogP contribution is 2.37. The Bertz CT molecular complexity index is 944. The molecule has 0 radical (unpaired) electrons. The molecule has 4 nitrogen and oxygen atoms in total. The minimum absolute atomic E-state index is 0.599. The van der Waals surface area contributed by atoms with E-state index in [0.717, 1.165) is 23.8 Å². The second-order valence-electron chi connectivity index (χ2n) is 6.21. The number of aliphatic imine (C=N–C) groups is 1. The van der Waals surface area contributed by atoms with Gasteiger partial charge < -0.3 is 15.4 Å². The van der Waals surface area contributed by atoms with E-state index in [9.17, 15) is 0 Å². The quantitative estimate of drug-likeness (QED) is 0.709. The fraction of sp³-hybridized carbons (Fsp3) is 0.190. The lowest BCUT2D eigenvalue weighted by Gasteiger charge is -2.16. The van der Waals surface area contributed by atoms with Crippen molar-refractivity contribution in [1.82, 2.24) is 5.32 Å². The fourth-order valence-corrected chi connectivity index (χ4v) is 4.23. The van der Waals surface area contributed by atoms with Crippen LogP contribution in [0.1, 0.15) is 16.0 Å². The molecule has 0 aliphatic carbocycles. The summed E-state index contributed by atoms with van der Waals surface area (Å²) >= 11 is 1.78. The van der Waals surface area contributed by atoms with E-state index in [1.165, 1.54) is 26.4 Å². The van der Waals surface area contributed by atoms with Crippen LogP contribution in [0.4, 0.5) is 5.69 Å². The summed E-state index contributed by atoms with van der Waals surface area (Å²) in [7, 11) is 1.68. The van der Waals surface area contributed by atoms with Crippen molar-refractivity contribution in [3.63, 3.8) is 0 Å². The van der Waals surface area contributed by atoms with Gasteiger partial charge in [0.15, 0.2) is 0 Å². The molecular weight excluding hydrogens is 342 g/mol. The molecule has 0 fully saturated rings. The average Bonchev–Trinajstić information content (AvgIpc) is 3.11. The Kier molecular flexibility index (Phi) is 4.63. The topological polar surface area (TPSA) is 45.6 Å². The monoisotopic (exact) mass is 363 g/mol. The van der Waals surface area contributed by atoms with Crippen LogP contribution in [-0.2, 0) is 6.54 Å². The van der Waals surface area contributed by atoms with Crippen molar-refractivity contribution in [2.24, 2.45) is 4.99 Å². The number of nitrogens with one attached hydrogen (secondary N) is 2. The van der Waals surface area contributed by atoms with E-state index in [4.69, 9.17) is 4.74 Å². The van der Waals surface area contributed by atoms with Gasteiger partial charge in [0.1, 0.15) is 18.3 Å². The third-order valence-corrected chi connectivity index (χ3v) is 5.66. The number of hydrogen-bond acceptors (Lipinski definition) is 5. The number of thiophene rings is 1. The lowest BCUT2D eigenvalue weighted by molar-refractivity contribution is 0.414. The summed E-state index contributed by atoms with van der Waals surface area (Å²) in [5.41, 5.74) is 4.92. The highest BCUT2D eigenvalue weighted by Gasteiger charge is 2.19. The molecule has 4 rings (SSSR count). The molecule has 0 atom stereocenters. The van der Waals surface area contributed by atoms with Gasteiger partial charge in [0.05, 0.1) is 17.7 Å². The Morgan fingerprint density at radius 1 is 1.15 bits per heavy atom. The van der Waals surface area contributed by atoms with E-state index in [0.29, 0.717) is 6.67 Å². The first-order valence-corrected chi connectivity index (χ1v) is 9.41. The first kappa shape index (κ1) is 16.7. The summed E-state index contributed by atoms with van der Waals surface area (Å²) in [6.45, 7) is 3.49. The van der Waals surface area contributed by atoms with Crippen molar-refractivity contribution >= 4 is 22.9 Å². The average molecular weight is 363 g/mol. The molecule has 0 spiro atoms. The smallest absolute Gasteiger partial charge is 0.142 e. The van der Waals surface area contributed by atoms with Gasteiger partial charge in [-0.3, -0.25) is 0 Å².